The summed E-state index contributed by atoms with van der Waals surface area (Å²) in [4.78, 5) is 28.9. The number of halogens is 1. The van der Waals surface area contributed by atoms with E-state index >= 15 is 0 Å². The SMILES string of the molecule is C=CCn1c(=S)sc2c(=O)n(CCC(=O)Nc3ccc(F)cc3)cnc21. The molecule has 1 amide bonds. The van der Waals surface area contributed by atoms with Crippen LogP contribution in [0.25, 0.3) is 10.3 Å². The predicted octanol–water partition coefficient (Wildman–Crippen LogP) is 3.34. The summed E-state index contributed by atoms with van der Waals surface area (Å²) in [6.07, 6.45) is 3.19. The fraction of sp³-hybridized carbons (Fsp3) is 0.176. The third-order valence-corrected chi connectivity index (χ3v) is 5.09. The molecule has 2 aromatic heterocycles. The number of nitrogens with one attached hydrogen (secondary N) is 1. The first-order valence-electron chi connectivity index (χ1n) is 7.74. The van der Waals surface area contributed by atoms with Gasteiger partial charge in [0.2, 0.25) is 5.91 Å². The number of hydrogen-bond donors (Lipinski definition) is 1. The maximum Gasteiger partial charge on any atom is 0.272 e. The molecular formula is C17H15FN4O2S2. The Bertz CT molecular complexity index is 1080. The quantitative estimate of drug-likeness (QED) is 0.518. The van der Waals surface area contributed by atoms with E-state index in [0.717, 1.165) is 0 Å². The van der Waals surface area contributed by atoms with E-state index in [9.17, 15) is 14.0 Å². The van der Waals surface area contributed by atoms with E-state index in [0.29, 0.717) is 26.5 Å². The van der Waals surface area contributed by atoms with Crippen LogP contribution in [0.1, 0.15) is 6.42 Å². The van der Waals surface area contributed by atoms with Gasteiger partial charge in [0, 0.05) is 25.2 Å². The number of allylic oxidation sites excluding steroid dienone is 1. The fourth-order valence-electron chi connectivity index (χ4n) is 2.40. The second-order valence-corrected chi connectivity index (χ2v) is 7.11. The third-order valence-electron chi connectivity index (χ3n) is 3.66. The highest BCUT2D eigenvalue weighted by Crippen LogP contribution is 2.17. The minimum atomic E-state index is -0.375. The van der Waals surface area contributed by atoms with Crippen molar-refractivity contribution in [2.75, 3.05) is 5.32 Å². The van der Waals surface area contributed by atoms with Crippen molar-refractivity contribution in [2.45, 2.75) is 19.5 Å². The fourth-order valence-corrected chi connectivity index (χ4v) is 3.72. The molecule has 1 aromatic carbocycles. The Balaban J connectivity index is 1.74. The van der Waals surface area contributed by atoms with Crippen LogP contribution in [0.2, 0.25) is 0 Å². The highest BCUT2D eigenvalue weighted by molar-refractivity contribution is 7.73. The zero-order chi connectivity index (χ0) is 18.7. The van der Waals surface area contributed by atoms with Crippen LogP contribution < -0.4 is 10.9 Å². The van der Waals surface area contributed by atoms with Gasteiger partial charge in [-0.15, -0.1) is 6.58 Å². The van der Waals surface area contributed by atoms with Crippen LogP contribution in [0.15, 0.2) is 48.0 Å². The smallest absolute Gasteiger partial charge is 0.272 e. The van der Waals surface area contributed by atoms with Gasteiger partial charge >= 0.3 is 0 Å². The molecule has 0 spiro atoms. The van der Waals surface area contributed by atoms with E-state index in [1.54, 1.807) is 10.6 Å². The predicted molar refractivity (Wildman–Crippen MR) is 103 cm³/mol. The van der Waals surface area contributed by atoms with Crippen LogP contribution in [0.3, 0.4) is 0 Å². The van der Waals surface area contributed by atoms with Crippen molar-refractivity contribution in [1.29, 1.82) is 0 Å². The molecule has 9 heteroatoms. The molecule has 0 aliphatic carbocycles. The van der Waals surface area contributed by atoms with Gasteiger partial charge in [-0.05, 0) is 36.5 Å². The number of fused-ring (bicyclic) bond motifs is 1. The normalized spacial score (nSPS) is 10.8. The highest BCUT2D eigenvalue weighted by Gasteiger charge is 2.12. The number of rotatable bonds is 6. The van der Waals surface area contributed by atoms with E-state index in [2.05, 4.69) is 16.9 Å². The maximum absolute atomic E-state index is 12.9. The lowest BCUT2D eigenvalue weighted by atomic mass is 10.3. The number of carbonyl (C=O) groups excluding carboxylic acids is 1. The molecule has 0 radical (unpaired) electrons. The molecule has 0 atom stereocenters. The lowest BCUT2D eigenvalue weighted by Crippen LogP contribution is -2.23. The van der Waals surface area contributed by atoms with Crippen molar-refractivity contribution < 1.29 is 9.18 Å². The largest absolute Gasteiger partial charge is 0.326 e. The van der Waals surface area contributed by atoms with E-state index in [1.165, 1.54) is 46.5 Å². The van der Waals surface area contributed by atoms with Gasteiger partial charge < -0.3 is 9.88 Å². The Hall–Kier alpha value is -2.65. The first-order chi connectivity index (χ1) is 12.5. The van der Waals surface area contributed by atoms with Crippen molar-refractivity contribution in [3.05, 3.63) is 63.4 Å². The average Bonchev–Trinajstić information content (AvgIpc) is 2.94. The number of carbonyl (C=O) groups is 1. The van der Waals surface area contributed by atoms with Crippen molar-refractivity contribution in [2.24, 2.45) is 0 Å². The number of aryl methyl sites for hydroxylation is 1. The second kappa shape index (κ2) is 7.71. The topological polar surface area (TPSA) is 68.9 Å². The molecule has 134 valence electrons. The molecule has 0 aliphatic heterocycles. The van der Waals surface area contributed by atoms with Gasteiger partial charge in [0.1, 0.15) is 10.5 Å². The number of benzene rings is 1. The molecular weight excluding hydrogens is 375 g/mol. The van der Waals surface area contributed by atoms with Crippen LogP contribution >= 0.6 is 23.6 Å². The number of anilines is 1. The van der Waals surface area contributed by atoms with Crippen LogP contribution in [-0.4, -0.2) is 20.0 Å². The number of amides is 1. The molecule has 3 aromatic rings. The summed E-state index contributed by atoms with van der Waals surface area (Å²) in [5, 5.41) is 2.66. The highest BCUT2D eigenvalue weighted by atomic mass is 32.1. The van der Waals surface area contributed by atoms with Gasteiger partial charge in [-0.2, -0.15) is 0 Å². The summed E-state index contributed by atoms with van der Waals surface area (Å²) in [6.45, 7) is 4.34. The van der Waals surface area contributed by atoms with E-state index in [4.69, 9.17) is 12.2 Å². The number of hydrogen-bond acceptors (Lipinski definition) is 5. The minimum absolute atomic E-state index is 0.0865. The Labute approximate surface area is 157 Å². The number of aromatic nitrogens is 3. The second-order valence-electron chi connectivity index (χ2n) is 5.47. The molecule has 0 saturated carbocycles. The molecule has 0 saturated heterocycles. The Morgan fingerprint density at radius 1 is 1.38 bits per heavy atom. The van der Waals surface area contributed by atoms with Crippen LogP contribution in [0, 0.1) is 9.77 Å². The molecule has 3 rings (SSSR count). The van der Waals surface area contributed by atoms with E-state index in [1.807, 2.05) is 0 Å². The van der Waals surface area contributed by atoms with Gasteiger partial charge in [0.15, 0.2) is 9.60 Å². The average molecular weight is 390 g/mol. The van der Waals surface area contributed by atoms with Crippen LogP contribution in [0.5, 0.6) is 0 Å². The minimum Gasteiger partial charge on any atom is -0.326 e. The van der Waals surface area contributed by atoms with Crippen LogP contribution in [-0.2, 0) is 17.9 Å². The molecule has 0 aliphatic rings. The molecule has 2 heterocycles. The van der Waals surface area contributed by atoms with Crippen molar-refractivity contribution in [1.82, 2.24) is 14.1 Å². The summed E-state index contributed by atoms with van der Waals surface area (Å²) in [7, 11) is 0. The van der Waals surface area contributed by atoms with Gasteiger partial charge in [0.25, 0.3) is 5.56 Å². The number of thiazole rings is 1. The lowest BCUT2D eigenvalue weighted by molar-refractivity contribution is -0.116. The van der Waals surface area contributed by atoms with Crippen molar-refractivity contribution >= 4 is 45.5 Å². The monoisotopic (exact) mass is 390 g/mol. The Morgan fingerprint density at radius 3 is 2.81 bits per heavy atom. The molecule has 26 heavy (non-hydrogen) atoms. The van der Waals surface area contributed by atoms with Crippen molar-refractivity contribution in [3.63, 3.8) is 0 Å². The van der Waals surface area contributed by atoms with Gasteiger partial charge in [0.05, 0.1) is 6.33 Å². The van der Waals surface area contributed by atoms with Gasteiger partial charge in [-0.3, -0.25) is 14.2 Å². The summed E-state index contributed by atoms with van der Waals surface area (Å²) in [5.74, 6) is -0.653. The molecule has 0 fully saturated rings. The first kappa shape index (κ1) is 18.2. The van der Waals surface area contributed by atoms with E-state index < -0.39 is 0 Å². The molecule has 1 N–H and O–H groups in total. The molecule has 6 nitrogen and oxygen atoms in total. The Kier molecular flexibility index (Phi) is 5.38. The summed E-state index contributed by atoms with van der Waals surface area (Å²) >= 11 is 6.46. The standard InChI is InChI=1S/C17H15FN4O2S2/c1-2-8-22-15-14(26-17(22)25)16(24)21(10-19-15)9-7-13(23)20-12-5-3-11(18)4-6-12/h2-6,10H,1,7-9H2,(H,20,23). The van der Waals surface area contributed by atoms with Crippen LogP contribution in [0.4, 0.5) is 10.1 Å². The summed E-state index contributed by atoms with van der Waals surface area (Å²) in [5.41, 5.74) is 0.789. The zero-order valence-corrected chi connectivity index (χ0v) is 15.3. The van der Waals surface area contributed by atoms with Crippen molar-refractivity contribution in [3.8, 4) is 0 Å². The Morgan fingerprint density at radius 2 is 2.12 bits per heavy atom. The lowest BCUT2D eigenvalue weighted by Gasteiger charge is -2.07. The van der Waals surface area contributed by atoms with E-state index in [-0.39, 0.29) is 30.2 Å². The summed E-state index contributed by atoms with van der Waals surface area (Å²) in [6, 6.07) is 5.48. The first-order valence-corrected chi connectivity index (χ1v) is 8.97. The number of nitrogens with zero attached hydrogens (tertiary/aromatic N) is 3. The molecule has 0 bridgehead atoms. The summed E-state index contributed by atoms with van der Waals surface area (Å²) < 4.78 is 17.0. The van der Waals surface area contributed by atoms with Gasteiger partial charge in [-0.1, -0.05) is 17.4 Å². The van der Waals surface area contributed by atoms with Gasteiger partial charge in [-0.25, -0.2) is 9.37 Å². The zero-order valence-electron chi connectivity index (χ0n) is 13.6. The molecule has 0 unspecified atom stereocenters. The maximum atomic E-state index is 12.9. The third kappa shape index (κ3) is 3.78.